The molecule has 1 aromatic heterocycles. The fourth-order valence-corrected chi connectivity index (χ4v) is 2.82. The van der Waals surface area contributed by atoms with E-state index < -0.39 is 0 Å². The van der Waals surface area contributed by atoms with E-state index in [1.807, 2.05) is 31.3 Å². The fourth-order valence-electron chi connectivity index (χ4n) is 2.82. The normalized spacial score (nSPS) is 9.86. The zero-order valence-corrected chi connectivity index (χ0v) is 18.2. The first-order valence-corrected chi connectivity index (χ1v) is 9.29. The van der Waals surface area contributed by atoms with Crippen molar-refractivity contribution < 1.29 is 34.3 Å². The summed E-state index contributed by atoms with van der Waals surface area (Å²) in [5.74, 6) is 1.59. The molecule has 0 fully saturated rings. The van der Waals surface area contributed by atoms with E-state index in [-0.39, 0.29) is 24.8 Å². The summed E-state index contributed by atoms with van der Waals surface area (Å²) >= 11 is 0. The topological polar surface area (TPSA) is 43.4 Å². The number of para-hydroxylation sites is 1. The lowest BCUT2D eigenvalue weighted by Crippen LogP contribution is -3.00. The van der Waals surface area contributed by atoms with Crippen LogP contribution < -0.4 is 39.6 Å². The van der Waals surface area contributed by atoms with Crippen LogP contribution in [0.25, 0.3) is 0 Å². The molecule has 0 amide bonds. The van der Waals surface area contributed by atoms with Crippen molar-refractivity contribution >= 4 is 0 Å². The van der Waals surface area contributed by atoms with Gasteiger partial charge in [-0.2, -0.15) is 0 Å². The number of ether oxygens (including phenoxy) is 2. The number of rotatable bonds is 9. The van der Waals surface area contributed by atoms with Crippen molar-refractivity contribution in [2.75, 3.05) is 6.61 Å². The SMILES string of the molecule is CCOc1cccc(CNCc2cccnc2)c1OCc1ccc(C)cc1.[Cl-].[Cl-]. The molecule has 0 unspecified atom stereocenters. The second kappa shape index (κ2) is 13.0. The first-order valence-electron chi connectivity index (χ1n) is 9.29. The second-order valence-corrected chi connectivity index (χ2v) is 6.42. The quantitative estimate of drug-likeness (QED) is 0.454. The van der Waals surface area contributed by atoms with Crippen LogP contribution in [0, 0.1) is 6.92 Å². The summed E-state index contributed by atoms with van der Waals surface area (Å²) in [4.78, 5) is 4.15. The highest BCUT2D eigenvalue weighted by molar-refractivity contribution is 5.47. The van der Waals surface area contributed by atoms with Crippen molar-refractivity contribution in [3.63, 3.8) is 0 Å². The third-order valence-electron chi connectivity index (χ3n) is 4.23. The van der Waals surface area contributed by atoms with Crippen LogP contribution >= 0.6 is 0 Å². The number of hydrogen-bond donors (Lipinski definition) is 1. The van der Waals surface area contributed by atoms with Crippen molar-refractivity contribution in [1.29, 1.82) is 0 Å². The summed E-state index contributed by atoms with van der Waals surface area (Å²) in [5, 5.41) is 3.46. The van der Waals surface area contributed by atoms with Crippen LogP contribution in [-0.4, -0.2) is 11.6 Å². The van der Waals surface area contributed by atoms with E-state index in [1.54, 1.807) is 6.20 Å². The van der Waals surface area contributed by atoms with Gasteiger partial charge in [0, 0.05) is 31.0 Å². The molecule has 0 saturated carbocycles. The number of nitrogens with one attached hydrogen (secondary N) is 1. The molecule has 0 aliphatic carbocycles. The predicted octanol–water partition coefficient (Wildman–Crippen LogP) is -1.33. The summed E-state index contributed by atoms with van der Waals surface area (Å²) in [6.45, 7) is 6.63. The van der Waals surface area contributed by atoms with Gasteiger partial charge in [-0.25, -0.2) is 0 Å². The van der Waals surface area contributed by atoms with Crippen LogP contribution in [0.15, 0.2) is 67.0 Å². The Kier molecular flexibility index (Phi) is 11.1. The third-order valence-corrected chi connectivity index (χ3v) is 4.23. The molecular weight excluding hydrogens is 407 g/mol. The second-order valence-electron chi connectivity index (χ2n) is 6.42. The Bertz CT molecular complexity index is 843. The number of pyridine rings is 1. The number of halogens is 2. The van der Waals surface area contributed by atoms with Gasteiger partial charge in [0.25, 0.3) is 0 Å². The van der Waals surface area contributed by atoms with Gasteiger partial charge < -0.3 is 39.6 Å². The zero-order valence-electron chi connectivity index (χ0n) is 16.7. The van der Waals surface area contributed by atoms with E-state index in [4.69, 9.17) is 9.47 Å². The Labute approximate surface area is 185 Å². The molecule has 4 nitrogen and oxygen atoms in total. The Hall–Kier alpha value is -2.27. The third kappa shape index (κ3) is 7.58. The van der Waals surface area contributed by atoms with Crippen LogP contribution in [0.5, 0.6) is 11.5 Å². The molecule has 0 aliphatic rings. The number of nitrogens with zero attached hydrogens (tertiary/aromatic N) is 1. The van der Waals surface area contributed by atoms with Crippen molar-refractivity contribution in [1.82, 2.24) is 10.3 Å². The van der Waals surface area contributed by atoms with Gasteiger partial charge in [0.2, 0.25) is 0 Å². The van der Waals surface area contributed by atoms with Gasteiger partial charge in [-0.1, -0.05) is 48.0 Å². The lowest BCUT2D eigenvalue weighted by atomic mass is 10.1. The molecule has 1 N–H and O–H groups in total. The number of hydrogen-bond acceptors (Lipinski definition) is 4. The monoisotopic (exact) mass is 432 g/mol. The molecule has 1 heterocycles. The molecule has 2 aromatic carbocycles. The molecule has 3 rings (SSSR count). The van der Waals surface area contributed by atoms with Crippen LogP contribution in [0.3, 0.4) is 0 Å². The van der Waals surface area contributed by atoms with E-state index in [9.17, 15) is 0 Å². The standard InChI is InChI=1S/C23H26N2O2.2ClH/c1-3-26-22-8-4-7-21(16-25-15-20-6-5-13-24-14-20)23(22)27-17-19-11-9-18(2)10-12-19;;/h4-14,25H,3,15-17H2,1-2H3;2*1H/p-2. The molecular formula is C23H26Cl2N2O2-2. The predicted molar refractivity (Wildman–Crippen MR) is 108 cm³/mol. The molecule has 0 radical (unpaired) electrons. The molecule has 3 aromatic rings. The van der Waals surface area contributed by atoms with Crippen molar-refractivity contribution in [3.05, 3.63) is 89.2 Å². The lowest BCUT2D eigenvalue weighted by molar-refractivity contribution is -0.00100. The summed E-state index contributed by atoms with van der Waals surface area (Å²) in [7, 11) is 0. The number of aryl methyl sites for hydroxylation is 1. The molecule has 156 valence electrons. The first-order chi connectivity index (χ1) is 13.3. The average molecular weight is 433 g/mol. The minimum atomic E-state index is 0. The Balaban J connectivity index is 0.00000210. The molecule has 6 heteroatoms. The van der Waals surface area contributed by atoms with Gasteiger partial charge in [0.15, 0.2) is 11.5 Å². The van der Waals surface area contributed by atoms with Crippen molar-refractivity contribution in [2.24, 2.45) is 0 Å². The van der Waals surface area contributed by atoms with E-state index in [1.165, 1.54) is 5.56 Å². The van der Waals surface area contributed by atoms with Gasteiger partial charge >= 0.3 is 0 Å². The highest BCUT2D eigenvalue weighted by Gasteiger charge is 2.11. The average Bonchev–Trinajstić information content (AvgIpc) is 2.70. The minimum Gasteiger partial charge on any atom is -1.00 e. The maximum Gasteiger partial charge on any atom is 0.166 e. The Morgan fingerprint density at radius 3 is 2.34 bits per heavy atom. The summed E-state index contributed by atoms with van der Waals surface area (Å²) in [5.41, 5.74) is 4.62. The van der Waals surface area contributed by atoms with Gasteiger partial charge in [-0.15, -0.1) is 0 Å². The van der Waals surface area contributed by atoms with Gasteiger partial charge in [-0.3, -0.25) is 4.98 Å². The van der Waals surface area contributed by atoms with E-state index in [2.05, 4.69) is 53.6 Å². The Morgan fingerprint density at radius 2 is 1.66 bits per heavy atom. The highest BCUT2D eigenvalue weighted by atomic mass is 35.5. The summed E-state index contributed by atoms with van der Waals surface area (Å²) < 4.78 is 12.0. The Morgan fingerprint density at radius 1 is 0.862 bits per heavy atom. The summed E-state index contributed by atoms with van der Waals surface area (Å²) in [6.07, 6.45) is 3.66. The molecule has 0 saturated heterocycles. The zero-order chi connectivity index (χ0) is 18.9. The molecule has 29 heavy (non-hydrogen) atoms. The van der Waals surface area contributed by atoms with Crippen molar-refractivity contribution in [2.45, 2.75) is 33.5 Å². The first kappa shape index (κ1) is 24.8. The van der Waals surface area contributed by atoms with Crippen LogP contribution in [-0.2, 0) is 19.7 Å². The van der Waals surface area contributed by atoms with Crippen molar-refractivity contribution in [3.8, 4) is 11.5 Å². The smallest absolute Gasteiger partial charge is 0.166 e. The maximum atomic E-state index is 6.17. The van der Waals surface area contributed by atoms with Crippen LogP contribution in [0.4, 0.5) is 0 Å². The van der Waals surface area contributed by atoms with Gasteiger partial charge in [-0.05, 0) is 37.1 Å². The fraction of sp³-hybridized carbons (Fsp3) is 0.261. The van der Waals surface area contributed by atoms with Crippen LogP contribution in [0.1, 0.15) is 29.2 Å². The number of aromatic nitrogens is 1. The largest absolute Gasteiger partial charge is 1.00 e. The van der Waals surface area contributed by atoms with Crippen LogP contribution in [0.2, 0.25) is 0 Å². The summed E-state index contributed by atoms with van der Waals surface area (Å²) in [6, 6.07) is 18.4. The van der Waals surface area contributed by atoms with E-state index in [0.717, 1.165) is 34.7 Å². The van der Waals surface area contributed by atoms with Gasteiger partial charge in [0.1, 0.15) is 6.61 Å². The maximum absolute atomic E-state index is 6.17. The number of benzene rings is 2. The van der Waals surface area contributed by atoms with E-state index in [0.29, 0.717) is 19.8 Å². The molecule has 0 aliphatic heterocycles. The van der Waals surface area contributed by atoms with E-state index >= 15 is 0 Å². The van der Waals surface area contributed by atoms with Gasteiger partial charge in [0.05, 0.1) is 6.61 Å². The minimum absolute atomic E-state index is 0. The molecule has 0 spiro atoms. The lowest BCUT2D eigenvalue weighted by Gasteiger charge is -2.16. The molecule has 0 atom stereocenters. The molecule has 0 bridgehead atoms. The highest BCUT2D eigenvalue weighted by Crippen LogP contribution is 2.32.